The summed E-state index contributed by atoms with van der Waals surface area (Å²) in [5.74, 6) is -2.70. The topological polar surface area (TPSA) is 125 Å². The summed E-state index contributed by atoms with van der Waals surface area (Å²) in [4.78, 5) is 26.5. The standard InChI is InChI=1S/C28H31F2N3O5/c1-3-33(28(37)19-7-8-25(34)23(13-19)27(31)36)24(12-18-9-20(29)14-21(30)10-18)26(35)16-32-15-17-5-4-6-22(11-17)38-2/h4-11,13-14,24,26,32,34-35H,3,12,15-16H2,1-2H3,(H2,31,36)/t24-,26+/m0/s1. The van der Waals surface area contributed by atoms with Crippen molar-refractivity contribution in [1.82, 2.24) is 10.2 Å². The maximum absolute atomic E-state index is 13.9. The number of carbonyl (C=O) groups is 2. The van der Waals surface area contributed by atoms with Gasteiger partial charge in [0.1, 0.15) is 23.1 Å². The van der Waals surface area contributed by atoms with Crippen LogP contribution in [0.3, 0.4) is 0 Å². The molecule has 202 valence electrons. The molecule has 0 bridgehead atoms. The van der Waals surface area contributed by atoms with E-state index in [1.54, 1.807) is 14.0 Å². The third-order valence-corrected chi connectivity index (χ3v) is 6.14. The number of nitrogens with two attached hydrogens (primary N) is 1. The van der Waals surface area contributed by atoms with E-state index in [1.807, 2.05) is 24.3 Å². The second kappa shape index (κ2) is 13.0. The van der Waals surface area contributed by atoms with Crippen molar-refractivity contribution in [2.75, 3.05) is 20.2 Å². The lowest BCUT2D eigenvalue weighted by Gasteiger charge is -2.35. The van der Waals surface area contributed by atoms with Crippen LogP contribution in [0.1, 0.15) is 38.8 Å². The fraction of sp³-hybridized carbons (Fsp3) is 0.286. The molecule has 0 spiro atoms. The number of nitrogens with zero attached hydrogens (tertiary/aromatic N) is 1. The first-order chi connectivity index (χ1) is 18.1. The number of hydrogen-bond acceptors (Lipinski definition) is 6. The number of carbonyl (C=O) groups excluding carboxylic acids is 2. The minimum absolute atomic E-state index is 0.0446. The summed E-state index contributed by atoms with van der Waals surface area (Å²) in [5.41, 5.74) is 6.30. The first-order valence-corrected chi connectivity index (χ1v) is 12.0. The summed E-state index contributed by atoms with van der Waals surface area (Å²) in [5, 5.41) is 24.2. The molecular formula is C28H31F2N3O5. The van der Waals surface area contributed by atoms with Crippen LogP contribution in [0, 0.1) is 11.6 Å². The van der Waals surface area contributed by atoms with Crippen molar-refractivity contribution in [3.63, 3.8) is 0 Å². The van der Waals surface area contributed by atoms with Crippen LogP contribution >= 0.6 is 0 Å². The van der Waals surface area contributed by atoms with Crippen LogP contribution in [-0.4, -0.2) is 59.3 Å². The predicted molar refractivity (Wildman–Crippen MR) is 138 cm³/mol. The molecular weight excluding hydrogens is 496 g/mol. The van der Waals surface area contributed by atoms with Gasteiger partial charge in [-0.3, -0.25) is 9.59 Å². The van der Waals surface area contributed by atoms with Crippen LogP contribution in [0.4, 0.5) is 8.78 Å². The number of nitrogens with one attached hydrogen (secondary N) is 1. The van der Waals surface area contributed by atoms with Gasteiger partial charge in [-0.1, -0.05) is 12.1 Å². The molecule has 0 aliphatic rings. The molecule has 0 saturated carbocycles. The van der Waals surface area contributed by atoms with Gasteiger partial charge in [-0.2, -0.15) is 0 Å². The van der Waals surface area contributed by atoms with Crippen LogP contribution in [0.25, 0.3) is 0 Å². The molecule has 0 radical (unpaired) electrons. The molecule has 0 aromatic heterocycles. The number of hydrogen-bond donors (Lipinski definition) is 4. The summed E-state index contributed by atoms with van der Waals surface area (Å²) in [6.07, 6.45) is -1.18. The van der Waals surface area contributed by atoms with E-state index in [-0.39, 0.29) is 42.0 Å². The number of amides is 2. The fourth-order valence-corrected chi connectivity index (χ4v) is 4.27. The van der Waals surface area contributed by atoms with E-state index in [4.69, 9.17) is 10.5 Å². The van der Waals surface area contributed by atoms with Gasteiger partial charge < -0.3 is 30.9 Å². The van der Waals surface area contributed by atoms with E-state index < -0.39 is 35.6 Å². The molecule has 2 atom stereocenters. The van der Waals surface area contributed by atoms with E-state index in [1.165, 1.54) is 23.1 Å². The average Bonchev–Trinajstić information content (AvgIpc) is 2.88. The summed E-state index contributed by atoms with van der Waals surface area (Å²) >= 11 is 0. The van der Waals surface area contributed by atoms with E-state index in [9.17, 15) is 28.6 Å². The third kappa shape index (κ3) is 7.27. The van der Waals surface area contributed by atoms with Gasteiger partial charge >= 0.3 is 0 Å². The molecule has 0 heterocycles. The number of rotatable bonds is 12. The Morgan fingerprint density at radius 1 is 1.05 bits per heavy atom. The van der Waals surface area contributed by atoms with E-state index in [2.05, 4.69) is 5.32 Å². The summed E-state index contributed by atoms with van der Waals surface area (Å²) in [6.45, 7) is 2.30. The average molecular weight is 528 g/mol. The number of ether oxygens (including phenoxy) is 1. The van der Waals surface area contributed by atoms with Gasteiger partial charge in [-0.15, -0.1) is 0 Å². The van der Waals surface area contributed by atoms with Crippen molar-refractivity contribution < 1.29 is 33.3 Å². The highest BCUT2D eigenvalue weighted by molar-refractivity contribution is 6.00. The number of primary amides is 1. The van der Waals surface area contributed by atoms with Crippen molar-refractivity contribution in [1.29, 1.82) is 0 Å². The number of halogens is 2. The van der Waals surface area contributed by atoms with Crippen molar-refractivity contribution in [3.05, 3.63) is 94.6 Å². The Bertz CT molecular complexity index is 1270. The Hall–Kier alpha value is -4.02. The number of aromatic hydroxyl groups is 1. The zero-order valence-electron chi connectivity index (χ0n) is 21.2. The Morgan fingerprint density at radius 2 is 1.76 bits per heavy atom. The van der Waals surface area contributed by atoms with Gasteiger partial charge in [-0.25, -0.2) is 8.78 Å². The van der Waals surface area contributed by atoms with Crippen molar-refractivity contribution >= 4 is 11.8 Å². The Balaban J connectivity index is 1.87. The lowest BCUT2D eigenvalue weighted by Crippen LogP contribution is -2.51. The number of aliphatic hydroxyl groups is 1. The van der Waals surface area contributed by atoms with E-state index >= 15 is 0 Å². The lowest BCUT2D eigenvalue weighted by atomic mass is 9.97. The normalized spacial score (nSPS) is 12.6. The monoisotopic (exact) mass is 527 g/mol. The number of aliphatic hydroxyl groups excluding tert-OH is 1. The number of likely N-dealkylation sites (N-methyl/N-ethyl adjacent to an activating group) is 1. The van der Waals surface area contributed by atoms with Crippen LogP contribution in [0.2, 0.25) is 0 Å². The van der Waals surface area contributed by atoms with Crippen LogP contribution in [0.5, 0.6) is 11.5 Å². The number of methoxy groups -OCH3 is 1. The van der Waals surface area contributed by atoms with Crippen LogP contribution in [-0.2, 0) is 13.0 Å². The molecule has 0 unspecified atom stereocenters. The molecule has 2 amide bonds. The van der Waals surface area contributed by atoms with Gasteiger partial charge in [-0.05, 0) is 66.9 Å². The molecule has 0 aliphatic carbocycles. The smallest absolute Gasteiger partial charge is 0.254 e. The summed E-state index contributed by atoms with van der Waals surface area (Å²) in [7, 11) is 1.56. The summed E-state index contributed by atoms with van der Waals surface area (Å²) in [6, 6.07) is 13.2. The van der Waals surface area contributed by atoms with Crippen molar-refractivity contribution in [3.8, 4) is 11.5 Å². The quantitative estimate of drug-likeness (QED) is 0.287. The molecule has 10 heteroatoms. The fourth-order valence-electron chi connectivity index (χ4n) is 4.27. The highest BCUT2D eigenvalue weighted by atomic mass is 19.1. The highest BCUT2D eigenvalue weighted by Crippen LogP contribution is 2.22. The third-order valence-electron chi connectivity index (χ3n) is 6.14. The van der Waals surface area contributed by atoms with E-state index in [0.29, 0.717) is 12.3 Å². The van der Waals surface area contributed by atoms with Gasteiger partial charge in [0.25, 0.3) is 11.8 Å². The maximum Gasteiger partial charge on any atom is 0.254 e. The van der Waals surface area contributed by atoms with Crippen LogP contribution < -0.4 is 15.8 Å². The first-order valence-electron chi connectivity index (χ1n) is 12.0. The Kier molecular flexibility index (Phi) is 9.75. The van der Waals surface area contributed by atoms with Crippen molar-refractivity contribution in [2.45, 2.75) is 32.0 Å². The zero-order valence-corrected chi connectivity index (χ0v) is 21.2. The van der Waals surface area contributed by atoms with Crippen molar-refractivity contribution in [2.24, 2.45) is 5.73 Å². The maximum atomic E-state index is 13.9. The number of benzene rings is 3. The highest BCUT2D eigenvalue weighted by Gasteiger charge is 2.30. The molecule has 0 saturated heterocycles. The van der Waals surface area contributed by atoms with Gasteiger partial charge in [0.05, 0.1) is 24.8 Å². The summed E-state index contributed by atoms with van der Waals surface area (Å²) < 4.78 is 33.1. The SMILES string of the molecule is CCN(C(=O)c1ccc(O)c(C(N)=O)c1)[C@@H](Cc1cc(F)cc(F)c1)[C@H](O)CNCc1cccc(OC)c1. The molecule has 38 heavy (non-hydrogen) atoms. The molecule has 0 fully saturated rings. The zero-order chi connectivity index (χ0) is 27.8. The molecule has 3 aromatic carbocycles. The molecule has 5 N–H and O–H groups in total. The molecule has 8 nitrogen and oxygen atoms in total. The Morgan fingerprint density at radius 3 is 2.39 bits per heavy atom. The predicted octanol–water partition coefficient (Wildman–Crippen LogP) is 3.00. The van der Waals surface area contributed by atoms with Gasteiger partial charge in [0.15, 0.2) is 0 Å². The largest absolute Gasteiger partial charge is 0.507 e. The minimum atomic E-state index is -1.14. The second-order valence-corrected chi connectivity index (χ2v) is 8.79. The molecule has 3 rings (SSSR count). The number of phenols is 1. The Labute approximate surface area is 219 Å². The second-order valence-electron chi connectivity index (χ2n) is 8.79. The minimum Gasteiger partial charge on any atom is -0.507 e. The van der Waals surface area contributed by atoms with E-state index in [0.717, 1.165) is 23.8 Å². The van der Waals surface area contributed by atoms with Gasteiger partial charge in [0, 0.05) is 31.3 Å². The molecule has 3 aromatic rings. The van der Waals surface area contributed by atoms with Gasteiger partial charge in [0.2, 0.25) is 0 Å². The van der Waals surface area contributed by atoms with Crippen LogP contribution in [0.15, 0.2) is 60.7 Å². The first kappa shape index (κ1) is 28.5. The molecule has 0 aliphatic heterocycles. The lowest BCUT2D eigenvalue weighted by molar-refractivity contribution is 0.0371.